The number of benzene rings is 1. The van der Waals surface area contributed by atoms with Gasteiger partial charge in [-0.1, -0.05) is 26.0 Å². The van der Waals surface area contributed by atoms with Crippen LogP contribution in [0.3, 0.4) is 0 Å². The number of carbonyl (C=O) groups excluding carboxylic acids is 1. The Labute approximate surface area is 148 Å². The van der Waals surface area contributed by atoms with E-state index in [0.717, 1.165) is 0 Å². The molecule has 9 heteroatoms. The van der Waals surface area contributed by atoms with Crippen molar-refractivity contribution in [3.63, 3.8) is 0 Å². The van der Waals surface area contributed by atoms with Crippen LogP contribution in [0.2, 0.25) is 0 Å². The Hall–Kier alpha value is -2.97. The molecule has 0 unspecified atom stereocenters. The summed E-state index contributed by atoms with van der Waals surface area (Å²) in [6, 6.07) is 4.73. The van der Waals surface area contributed by atoms with Gasteiger partial charge in [-0.15, -0.1) is 0 Å². The van der Waals surface area contributed by atoms with Crippen LogP contribution in [0.5, 0.6) is 5.75 Å². The lowest BCUT2D eigenvalue weighted by Crippen LogP contribution is -2.41. The molecule has 0 saturated carbocycles. The van der Waals surface area contributed by atoms with E-state index in [2.05, 4.69) is 20.3 Å². The molecule has 26 heavy (non-hydrogen) atoms. The number of ether oxygens (including phenoxy) is 1. The zero-order valence-corrected chi connectivity index (χ0v) is 14.2. The van der Waals surface area contributed by atoms with E-state index in [1.807, 2.05) is 13.8 Å². The fourth-order valence-corrected chi connectivity index (χ4v) is 2.44. The number of nitrogens with one attached hydrogen (secondary N) is 2. The summed E-state index contributed by atoms with van der Waals surface area (Å²) in [5, 5.41) is 18.1. The minimum atomic E-state index is -2.97. The molecule has 1 heterocycles. The molecule has 0 aliphatic rings. The molecule has 140 valence electrons. The molecular formula is C17H19F2N3O4. The summed E-state index contributed by atoms with van der Waals surface area (Å²) in [6.45, 7) is 0.724. The van der Waals surface area contributed by atoms with Crippen molar-refractivity contribution in [3.05, 3.63) is 36.0 Å². The van der Waals surface area contributed by atoms with Gasteiger partial charge in [0.25, 0.3) is 5.91 Å². The van der Waals surface area contributed by atoms with Crippen molar-refractivity contribution >= 4 is 11.9 Å². The lowest BCUT2D eigenvalue weighted by Gasteiger charge is -2.16. The number of carboxylic acids is 1. The number of amides is 1. The molecule has 0 saturated heterocycles. The first-order chi connectivity index (χ1) is 12.3. The van der Waals surface area contributed by atoms with Crippen LogP contribution in [-0.4, -0.2) is 39.8 Å². The van der Waals surface area contributed by atoms with Gasteiger partial charge in [-0.05, 0) is 24.5 Å². The molecule has 1 aromatic carbocycles. The maximum atomic E-state index is 12.5. The predicted octanol–water partition coefficient (Wildman–Crippen LogP) is 2.91. The van der Waals surface area contributed by atoms with Gasteiger partial charge in [0.2, 0.25) is 0 Å². The highest BCUT2D eigenvalue weighted by atomic mass is 19.3. The summed E-state index contributed by atoms with van der Waals surface area (Å²) in [5.41, 5.74) is 0.784. The molecule has 3 N–H and O–H groups in total. The average Bonchev–Trinajstić information content (AvgIpc) is 3.03. The van der Waals surface area contributed by atoms with Gasteiger partial charge in [-0.2, -0.15) is 13.9 Å². The Kier molecular flexibility index (Phi) is 6.26. The first-order valence-electron chi connectivity index (χ1n) is 7.90. The fraction of sp³-hybridized carbons (Fsp3) is 0.353. The quantitative estimate of drug-likeness (QED) is 0.665. The van der Waals surface area contributed by atoms with E-state index in [0.29, 0.717) is 5.56 Å². The molecule has 1 atom stereocenters. The minimum absolute atomic E-state index is 0.0679. The number of nitrogens with zero attached hydrogens (tertiary/aromatic N) is 1. The number of aromatic amines is 1. The molecule has 7 nitrogen and oxygen atoms in total. The maximum absolute atomic E-state index is 12.5. The smallest absolute Gasteiger partial charge is 0.387 e. The summed E-state index contributed by atoms with van der Waals surface area (Å²) in [4.78, 5) is 23.8. The molecule has 1 amide bonds. The van der Waals surface area contributed by atoms with Crippen LogP contribution in [0.1, 0.15) is 30.6 Å². The molecule has 0 spiro atoms. The molecule has 0 aliphatic carbocycles. The number of hydrogen-bond acceptors (Lipinski definition) is 4. The van der Waals surface area contributed by atoms with Crippen LogP contribution < -0.4 is 10.1 Å². The van der Waals surface area contributed by atoms with Crippen LogP contribution in [0.25, 0.3) is 11.3 Å². The van der Waals surface area contributed by atoms with Crippen molar-refractivity contribution in [2.45, 2.75) is 32.9 Å². The van der Waals surface area contributed by atoms with Crippen LogP contribution in [0, 0.1) is 5.92 Å². The van der Waals surface area contributed by atoms with Crippen LogP contribution in [0.15, 0.2) is 30.5 Å². The maximum Gasteiger partial charge on any atom is 0.387 e. The van der Waals surface area contributed by atoms with Gasteiger partial charge in [-0.3, -0.25) is 9.89 Å². The monoisotopic (exact) mass is 367 g/mol. The van der Waals surface area contributed by atoms with Gasteiger partial charge in [0.1, 0.15) is 11.8 Å². The number of aliphatic carboxylic acids is 1. The summed E-state index contributed by atoms with van der Waals surface area (Å²) in [6.07, 6.45) is 1.52. The van der Waals surface area contributed by atoms with Gasteiger partial charge in [0, 0.05) is 5.56 Å². The standard InChI is InChI=1S/C17H19F2N3O4/c1-9(2)6-13(16(24)25)21-15(23)12-8-20-22-14(12)10-4-3-5-11(7-10)26-17(18)19/h3-5,7-9,13,17H,6H2,1-2H3,(H,20,22)(H,21,23)(H,24,25)/t13-/m1/s1. The van der Waals surface area contributed by atoms with Crippen molar-refractivity contribution in [2.24, 2.45) is 5.92 Å². The third-order valence-corrected chi connectivity index (χ3v) is 3.54. The summed E-state index contributed by atoms with van der Waals surface area (Å²) in [5.74, 6) is -1.75. The second kappa shape index (κ2) is 8.41. The van der Waals surface area contributed by atoms with E-state index in [-0.39, 0.29) is 29.3 Å². The summed E-state index contributed by atoms with van der Waals surface area (Å²) in [7, 11) is 0. The molecule has 2 rings (SSSR count). The van der Waals surface area contributed by atoms with Crippen molar-refractivity contribution in [1.29, 1.82) is 0 Å². The van der Waals surface area contributed by atoms with E-state index in [1.54, 1.807) is 6.07 Å². The topological polar surface area (TPSA) is 104 Å². The second-order valence-electron chi connectivity index (χ2n) is 6.06. The third-order valence-electron chi connectivity index (χ3n) is 3.54. The number of alkyl halides is 2. The highest BCUT2D eigenvalue weighted by Crippen LogP contribution is 2.26. The number of aromatic nitrogens is 2. The normalized spacial score (nSPS) is 12.2. The predicted molar refractivity (Wildman–Crippen MR) is 89.0 cm³/mol. The van der Waals surface area contributed by atoms with E-state index < -0.39 is 24.5 Å². The zero-order valence-electron chi connectivity index (χ0n) is 14.2. The average molecular weight is 367 g/mol. The lowest BCUT2D eigenvalue weighted by molar-refractivity contribution is -0.139. The SMILES string of the molecule is CC(C)C[C@@H](NC(=O)c1cn[nH]c1-c1cccc(OC(F)F)c1)C(=O)O. The second-order valence-corrected chi connectivity index (χ2v) is 6.06. The molecule has 2 aromatic rings. The van der Waals surface area contributed by atoms with Crippen molar-refractivity contribution in [3.8, 4) is 17.0 Å². The van der Waals surface area contributed by atoms with E-state index in [9.17, 15) is 23.5 Å². The Morgan fingerprint density at radius 2 is 2.08 bits per heavy atom. The van der Waals surface area contributed by atoms with E-state index >= 15 is 0 Å². The van der Waals surface area contributed by atoms with E-state index in [1.165, 1.54) is 24.4 Å². The van der Waals surface area contributed by atoms with Gasteiger partial charge in [0.15, 0.2) is 0 Å². The minimum Gasteiger partial charge on any atom is -0.480 e. The Morgan fingerprint density at radius 1 is 1.35 bits per heavy atom. The summed E-state index contributed by atoms with van der Waals surface area (Å²) >= 11 is 0. The molecule has 0 fully saturated rings. The highest BCUT2D eigenvalue weighted by Gasteiger charge is 2.24. The number of hydrogen-bond donors (Lipinski definition) is 3. The first kappa shape index (κ1) is 19.4. The van der Waals surface area contributed by atoms with Gasteiger partial charge >= 0.3 is 12.6 Å². The zero-order chi connectivity index (χ0) is 19.3. The van der Waals surface area contributed by atoms with E-state index in [4.69, 9.17) is 0 Å². The number of H-pyrrole nitrogens is 1. The molecule has 0 bridgehead atoms. The fourth-order valence-electron chi connectivity index (χ4n) is 2.44. The van der Waals surface area contributed by atoms with Crippen molar-refractivity contribution in [2.75, 3.05) is 0 Å². The van der Waals surface area contributed by atoms with Crippen LogP contribution >= 0.6 is 0 Å². The van der Waals surface area contributed by atoms with Gasteiger partial charge < -0.3 is 15.2 Å². The first-order valence-corrected chi connectivity index (χ1v) is 7.90. The number of carbonyl (C=O) groups is 2. The van der Waals surface area contributed by atoms with Gasteiger partial charge in [0.05, 0.1) is 17.5 Å². The Morgan fingerprint density at radius 3 is 2.69 bits per heavy atom. The number of rotatable bonds is 8. The Balaban J connectivity index is 2.24. The van der Waals surface area contributed by atoms with Crippen LogP contribution in [-0.2, 0) is 4.79 Å². The highest BCUT2D eigenvalue weighted by molar-refractivity contribution is 6.01. The number of carboxylic acid groups (broad SMARTS) is 1. The molecule has 0 aliphatic heterocycles. The third kappa shape index (κ3) is 5.01. The molecule has 0 radical (unpaired) electrons. The molecular weight excluding hydrogens is 348 g/mol. The molecule has 1 aromatic heterocycles. The Bertz CT molecular complexity index is 777. The largest absolute Gasteiger partial charge is 0.480 e. The summed E-state index contributed by atoms with van der Waals surface area (Å²) < 4.78 is 29.1. The lowest BCUT2D eigenvalue weighted by atomic mass is 10.0. The number of halogens is 2. The van der Waals surface area contributed by atoms with Gasteiger partial charge in [-0.25, -0.2) is 4.79 Å². The van der Waals surface area contributed by atoms with Crippen molar-refractivity contribution < 1.29 is 28.2 Å². The van der Waals surface area contributed by atoms with Crippen LogP contribution in [0.4, 0.5) is 8.78 Å². The van der Waals surface area contributed by atoms with Crippen molar-refractivity contribution in [1.82, 2.24) is 15.5 Å².